The van der Waals surface area contributed by atoms with Crippen LogP contribution in [0.1, 0.15) is 22.4 Å². The molecule has 1 aliphatic rings. The van der Waals surface area contributed by atoms with Crippen LogP contribution in [0.5, 0.6) is 0 Å². The van der Waals surface area contributed by atoms with Gasteiger partial charge in [-0.15, -0.1) is 0 Å². The van der Waals surface area contributed by atoms with Crippen molar-refractivity contribution in [2.45, 2.75) is 36.6 Å². The molecule has 3 aromatic rings. The van der Waals surface area contributed by atoms with E-state index in [-0.39, 0.29) is 28.7 Å². The Morgan fingerprint density at radius 1 is 0.784 bits per heavy atom. The molecule has 11 nitrogen and oxygen atoms in total. The normalized spacial score (nSPS) is 13.4. The molecule has 0 bridgehead atoms. The number of urea groups is 2. The second-order valence-corrected chi connectivity index (χ2v) is 11.9. The van der Waals surface area contributed by atoms with Crippen LogP contribution in [0.15, 0.2) is 70.5 Å². The van der Waals surface area contributed by atoms with Crippen molar-refractivity contribution in [1.82, 2.24) is 19.3 Å². The highest BCUT2D eigenvalue weighted by Gasteiger charge is 2.26. The second-order valence-electron chi connectivity index (χ2n) is 8.57. The van der Waals surface area contributed by atoms with Crippen LogP contribution in [0, 0.1) is 13.8 Å². The Hall–Kier alpha value is -3.97. The third-order valence-electron chi connectivity index (χ3n) is 5.69. The van der Waals surface area contributed by atoms with Crippen LogP contribution in [-0.4, -0.2) is 45.3 Å². The van der Waals surface area contributed by atoms with Crippen molar-refractivity contribution in [2.75, 3.05) is 11.9 Å². The molecule has 3 N–H and O–H groups in total. The lowest BCUT2D eigenvalue weighted by Gasteiger charge is -2.28. The van der Waals surface area contributed by atoms with Crippen molar-refractivity contribution >= 4 is 37.9 Å². The number of nitrogens with one attached hydrogen (secondary N) is 3. The number of carbonyl (C=O) groups is 2. The Bertz CT molecular complexity index is 1550. The highest BCUT2D eigenvalue weighted by atomic mass is 32.2. The fourth-order valence-electron chi connectivity index (χ4n) is 3.66. The van der Waals surface area contributed by atoms with Gasteiger partial charge in [0.15, 0.2) is 0 Å². The van der Waals surface area contributed by atoms with Gasteiger partial charge in [0.1, 0.15) is 5.82 Å². The van der Waals surface area contributed by atoms with E-state index in [1.165, 1.54) is 35.2 Å². The molecule has 2 aromatic carbocycles. The summed E-state index contributed by atoms with van der Waals surface area (Å²) in [7, 11) is -8.08. The number of anilines is 1. The quantitative estimate of drug-likeness (QED) is 0.447. The van der Waals surface area contributed by atoms with Gasteiger partial charge in [0.05, 0.1) is 9.79 Å². The van der Waals surface area contributed by atoms with Gasteiger partial charge >= 0.3 is 12.1 Å². The van der Waals surface area contributed by atoms with E-state index in [0.717, 1.165) is 11.1 Å². The van der Waals surface area contributed by atoms with Crippen molar-refractivity contribution in [1.29, 1.82) is 0 Å². The smallest absolute Gasteiger partial charge is 0.319 e. The van der Waals surface area contributed by atoms with E-state index in [4.69, 9.17) is 0 Å². The molecule has 0 spiro atoms. The molecule has 0 atom stereocenters. The highest BCUT2D eigenvalue weighted by molar-refractivity contribution is 7.90. The van der Waals surface area contributed by atoms with Crippen LogP contribution in [-0.2, 0) is 33.0 Å². The van der Waals surface area contributed by atoms with Gasteiger partial charge < -0.3 is 4.90 Å². The number of hydrogen-bond donors (Lipinski definition) is 3. The van der Waals surface area contributed by atoms with E-state index in [1.807, 2.05) is 18.6 Å². The van der Waals surface area contributed by atoms with Crippen molar-refractivity contribution in [3.05, 3.63) is 83.0 Å². The van der Waals surface area contributed by atoms with Gasteiger partial charge in [-0.25, -0.2) is 40.9 Å². The summed E-state index contributed by atoms with van der Waals surface area (Å²) in [6, 6.07) is 13.6. The van der Waals surface area contributed by atoms with Crippen LogP contribution in [0.4, 0.5) is 15.4 Å². The molecule has 1 aliphatic heterocycles. The topological polar surface area (TPSA) is 155 Å². The minimum atomic E-state index is -4.06. The maximum atomic E-state index is 12.6. The molecule has 2 heterocycles. The van der Waals surface area contributed by atoms with Crippen LogP contribution < -0.4 is 14.8 Å². The van der Waals surface area contributed by atoms with E-state index < -0.39 is 32.1 Å². The second kappa shape index (κ2) is 10.2. The number of benzene rings is 2. The standard InChI is InChI=1S/C24H25N5O6S2/c1-16-3-8-19(9-4-16)36(32,33)27-23(30)26-22-12-7-18-15-29(14-13-21(18)25-22)24(31)28-37(34,35)20-10-5-17(2)6-11-20/h3-12H,13-15H2,1-2H3,(H,28,31)(H2,25,26,27,30). The molecule has 37 heavy (non-hydrogen) atoms. The number of sulfonamides is 2. The average molecular weight is 544 g/mol. The summed E-state index contributed by atoms with van der Waals surface area (Å²) in [6.07, 6.45) is 0.312. The predicted octanol–water partition coefficient (Wildman–Crippen LogP) is 2.67. The molecule has 0 saturated heterocycles. The Morgan fingerprint density at radius 2 is 1.32 bits per heavy atom. The number of amides is 4. The summed E-state index contributed by atoms with van der Waals surface area (Å²) in [5.74, 6) is 0.134. The number of aromatic nitrogens is 1. The van der Waals surface area contributed by atoms with E-state index in [1.54, 1.807) is 30.3 Å². The summed E-state index contributed by atoms with van der Waals surface area (Å²) in [4.78, 5) is 30.6. The van der Waals surface area contributed by atoms with Crippen LogP contribution in [0.25, 0.3) is 0 Å². The number of nitrogens with zero attached hydrogens (tertiary/aromatic N) is 2. The molecule has 194 valence electrons. The molecule has 1 aromatic heterocycles. The zero-order valence-corrected chi connectivity index (χ0v) is 21.7. The third kappa shape index (κ3) is 6.24. The molecule has 4 amide bonds. The molecule has 13 heteroatoms. The fourth-order valence-corrected chi connectivity index (χ4v) is 5.53. The SMILES string of the molecule is Cc1ccc(S(=O)(=O)NC(=O)Nc2ccc3c(n2)CCN(C(=O)NS(=O)(=O)c2ccc(C)cc2)C3)cc1. The molecular weight excluding hydrogens is 518 g/mol. The molecule has 0 radical (unpaired) electrons. The van der Waals surface area contributed by atoms with Gasteiger partial charge in [0.2, 0.25) is 0 Å². The Morgan fingerprint density at radius 3 is 1.89 bits per heavy atom. The molecule has 0 saturated carbocycles. The number of pyridine rings is 1. The zero-order chi connectivity index (χ0) is 26.8. The number of hydrogen-bond acceptors (Lipinski definition) is 7. The van der Waals surface area contributed by atoms with E-state index in [2.05, 4.69) is 15.0 Å². The predicted molar refractivity (Wildman–Crippen MR) is 136 cm³/mol. The lowest BCUT2D eigenvalue weighted by atomic mass is 10.1. The number of aryl methyl sites for hydroxylation is 2. The zero-order valence-electron chi connectivity index (χ0n) is 20.1. The first-order valence-electron chi connectivity index (χ1n) is 11.2. The van der Waals surface area contributed by atoms with Gasteiger partial charge in [-0.05, 0) is 49.7 Å². The Kier molecular flexibility index (Phi) is 7.18. The van der Waals surface area contributed by atoms with Gasteiger partial charge in [-0.2, -0.15) is 0 Å². The summed E-state index contributed by atoms with van der Waals surface area (Å²) < 4.78 is 53.9. The van der Waals surface area contributed by atoms with Crippen LogP contribution >= 0.6 is 0 Å². The summed E-state index contributed by atoms with van der Waals surface area (Å²) in [5.41, 5.74) is 3.05. The molecular formula is C24H25N5O6S2. The van der Waals surface area contributed by atoms with Gasteiger partial charge in [-0.1, -0.05) is 41.5 Å². The minimum Gasteiger partial charge on any atom is -0.319 e. The first-order valence-corrected chi connectivity index (χ1v) is 14.2. The maximum Gasteiger partial charge on any atom is 0.334 e. The van der Waals surface area contributed by atoms with E-state index in [9.17, 15) is 26.4 Å². The summed E-state index contributed by atoms with van der Waals surface area (Å²) in [5, 5.41) is 2.40. The molecule has 0 aliphatic carbocycles. The van der Waals surface area contributed by atoms with E-state index >= 15 is 0 Å². The first-order chi connectivity index (χ1) is 17.4. The summed E-state index contributed by atoms with van der Waals surface area (Å²) in [6.45, 7) is 3.96. The van der Waals surface area contributed by atoms with Gasteiger partial charge in [-0.3, -0.25) is 5.32 Å². The maximum absolute atomic E-state index is 12.6. The first kappa shape index (κ1) is 26.1. The Balaban J connectivity index is 1.38. The van der Waals surface area contributed by atoms with Gasteiger partial charge in [0.25, 0.3) is 20.0 Å². The molecule has 4 rings (SSSR count). The highest BCUT2D eigenvalue weighted by Crippen LogP contribution is 2.20. The summed E-state index contributed by atoms with van der Waals surface area (Å²) >= 11 is 0. The monoisotopic (exact) mass is 543 g/mol. The number of fused-ring (bicyclic) bond motifs is 1. The average Bonchev–Trinajstić information content (AvgIpc) is 2.83. The van der Waals surface area contributed by atoms with Crippen LogP contribution in [0.3, 0.4) is 0 Å². The van der Waals surface area contributed by atoms with Crippen molar-refractivity contribution in [2.24, 2.45) is 0 Å². The lowest BCUT2D eigenvalue weighted by Crippen LogP contribution is -2.45. The fraction of sp³-hybridized carbons (Fsp3) is 0.208. The number of carbonyl (C=O) groups excluding carboxylic acids is 2. The largest absolute Gasteiger partial charge is 0.334 e. The van der Waals surface area contributed by atoms with Crippen molar-refractivity contribution in [3.63, 3.8) is 0 Å². The molecule has 0 fully saturated rings. The minimum absolute atomic E-state index is 0.0103. The van der Waals surface area contributed by atoms with Crippen molar-refractivity contribution < 1.29 is 26.4 Å². The Labute approximate surface area is 215 Å². The molecule has 0 unspecified atom stereocenters. The van der Waals surface area contributed by atoms with Gasteiger partial charge in [0, 0.05) is 25.2 Å². The lowest BCUT2D eigenvalue weighted by molar-refractivity contribution is 0.198. The number of rotatable bonds is 5. The van der Waals surface area contributed by atoms with Crippen LogP contribution in [0.2, 0.25) is 0 Å². The third-order valence-corrected chi connectivity index (χ3v) is 8.37. The van der Waals surface area contributed by atoms with Crippen molar-refractivity contribution in [3.8, 4) is 0 Å². The van der Waals surface area contributed by atoms with E-state index in [0.29, 0.717) is 17.7 Å².